The van der Waals surface area contributed by atoms with E-state index in [0.29, 0.717) is 44.0 Å². The van der Waals surface area contributed by atoms with E-state index in [1.54, 1.807) is 0 Å². The number of para-hydroxylation sites is 1. The minimum Gasteiger partial charge on any atom is -0.489 e. The van der Waals surface area contributed by atoms with Gasteiger partial charge in [0.05, 0.1) is 6.54 Å². The number of amides is 2. The third-order valence-corrected chi connectivity index (χ3v) is 5.50. The van der Waals surface area contributed by atoms with Crippen LogP contribution in [0.25, 0.3) is 0 Å². The summed E-state index contributed by atoms with van der Waals surface area (Å²) in [7, 11) is 0. The molecule has 33 heavy (non-hydrogen) atoms. The highest BCUT2D eigenvalue weighted by Gasteiger charge is 2.23. The van der Waals surface area contributed by atoms with Gasteiger partial charge in [0.25, 0.3) is 5.91 Å². The number of ether oxygens (including phenoxy) is 1. The van der Waals surface area contributed by atoms with Crippen LogP contribution < -0.4 is 10.1 Å². The Morgan fingerprint density at radius 3 is 2.18 bits per heavy atom. The fraction of sp³-hybridized carbons (Fsp3) is 0.231. The summed E-state index contributed by atoms with van der Waals surface area (Å²) in [5.74, 6) is 0.293. The van der Waals surface area contributed by atoms with Gasteiger partial charge in [-0.15, -0.1) is 0 Å². The van der Waals surface area contributed by atoms with E-state index in [1.807, 2.05) is 64.4 Å². The summed E-state index contributed by atoms with van der Waals surface area (Å²) in [5.41, 5.74) is 2.20. The summed E-state index contributed by atoms with van der Waals surface area (Å²) in [6.07, 6.45) is 0. The lowest BCUT2D eigenvalue weighted by atomic mass is 10.1. The monoisotopic (exact) mass is 447 g/mol. The Morgan fingerprint density at radius 2 is 1.52 bits per heavy atom. The van der Waals surface area contributed by atoms with E-state index in [1.165, 1.54) is 24.3 Å². The Morgan fingerprint density at radius 1 is 0.848 bits per heavy atom. The highest BCUT2D eigenvalue weighted by molar-refractivity contribution is 5.94. The number of piperazine rings is 1. The molecule has 1 fully saturated rings. The average Bonchev–Trinajstić information content (AvgIpc) is 2.85. The number of hydrogen-bond donors (Lipinski definition) is 1. The molecule has 0 aliphatic carbocycles. The van der Waals surface area contributed by atoms with Gasteiger partial charge in [-0.05, 0) is 54.1 Å². The standard InChI is InChI=1S/C26H26FN3O3/c27-22-10-12-23(13-11-22)28-25(31)18-29-14-16-30(17-15-29)26(32)21-8-6-20(7-9-21)19-33-24-4-2-1-3-5-24/h1-13H,14-19H2,(H,28,31). The predicted octanol–water partition coefficient (Wildman–Crippen LogP) is 3.80. The van der Waals surface area contributed by atoms with Crippen molar-refractivity contribution in [3.8, 4) is 5.75 Å². The van der Waals surface area contributed by atoms with Crippen LogP contribution in [0.3, 0.4) is 0 Å². The van der Waals surface area contributed by atoms with E-state index in [9.17, 15) is 14.0 Å². The molecule has 1 heterocycles. The number of carbonyl (C=O) groups excluding carboxylic acids is 2. The molecule has 1 saturated heterocycles. The first-order valence-corrected chi connectivity index (χ1v) is 10.9. The summed E-state index contributed by atoms with van der Waals surface area (Å²) in [6.45, 7) is 3.02. The molecule has 1 aliphatic heterocycles. The summed E-state index contributed by atoms with van der Waals surface area (Å²) < 4.78 is 18.7. The van der Waals surface area contributed by atoms with Gasteiger partial charge in [0, 0.05) is 37.4 Å². The van der Waals surface area contributed by atoms with Gasteiger partial charge in [-0.3, -0.25) is 14.5 Å². The van der Waals surface area contributed by atoms with Crippen LogP contribution in [-0.2, 0) is 11.4 Å². The van der Waals surface area contributed by atoms with Crippen molar-refractivity contribution in [3.05, 3.63) is 95.8 Å². The minimum absolute atomic E-state index is 0.0130. The van der Waals surface area contributed by atoms with Crippen LogP contribution in [0.15, 0.2) is 78.9 Å². The first-order chi connectivity index (χ1) is 16.1. The molecule has 0 bridgehead atoms. The molecule has 0 aromatic heterocycles. The van der Waals surface area contributed by atoms with Crippen molar-refractivity contribution < 1.29 is 18.7 Å². The molecule has 6 nitrogen and oxygen atoms in total. The van der Waals surface area contributed by atoms with Crippen LogP contribution in [0.2, 0.25) is 0 Å². The fourth-order valence-corrected chi connectivity index (χ4v) is 3.66. The van der Waals surface area contributed by atoms with E-state index < -0.39 is 0 Å². The second kappa shape index (κ2) is 10.7. The molecule has 0 saturated carbocycles. The molecule has 0 spiro atoms. The van der Waals surface area contributed by atoms with E-state index in [2.05, 4.69) is 5.32 Å². The Kier molecular flexibility index (Phi) is 7.32. The lowest BCUT2D eigenvalue weighted by Gasteiger charge is -2.34. The highest BCUT2D eigenvalue weighted by atomic mass is 19.1. The van der Waals surface area contributed by atoms with Crippen LogP contribution >= 0.6 is 0 Å². The first kappa shape index (κ1) is 22.5. The van der Waals surface area contributed by atoms with Crippen molar-refractivity contribution in [1.29, 1.82) is 0 Å². The molecule has 7 heteroatoms. The molecular formula is C26H26FN3O3. The number of benzene rings is 3. The molecule has 4 rings (SSSR count). The van der Waals surface area contributed by atoms with Gasteiger partial charge in [0.1, 0.15) is 18.2 Å². The zero-order chi connectivity index (χ0) is 23.0. The van der Waals surface area contributed by atoms with Crippen molar-refractivity contribution in [2.45, 2.75) is 6.61 Å². The Balaban J connectivity index is 1.22. The molecule has 0 atom stereocenters. The largest absolute Gasteiger partial charge is 0.489 e. The molecule has 0 unspecified atom stereocenters. The maximum atomic E-state index is 13.0. The summed E-state index contributed by atoms with van der Waals surface area (Å²) in [4.78, 5) is 28.9. The fourth-order valence-electron chi connectivity index (χ4n) is 3.66. The summed E-state index contributed by atoms with van der Waals surface area (Å²) in [6, 6.07) is 22.8. The quantitative estimate of drug-likeness (QED) is 0.599. The Bertz CT molecular complexity index is 1060. The number of nitrogens with one attached hydrogen (secondary N) is 1. The van der Waals surface area contributed by atoms with Crippen molar-refractivity contribution >= 4 is 17.5 Å². The third-order valence-electron chi connectivity index (χ3n) is 5.50. The van der Waals surface area contributed by atoms with Crippen molar-refractivity contribution in [3.63, 3.8) is 0 Å². The zero-order valence-corrected chi connectivity index (χ0v) is 18.2. The van der Waals surface area contributed by atoms with E-state index in [-0.39, 0.29) is 24.2 Å². The Hall–Kier alpha value is -3.71. The molecule has 1 N–H and O–H groups in total. The third kappa shape index (κ3) is 6.40. The van der Waals surface area contributed by atoms with Crippen molar-refractivity contribution in [2.75, 3.05) is 38.0 Å². The summed E-state index contributed by atoms with van der Waals surface area (Å²) in [5, 5.41) is 2.76. The average molecular weight is 448 g/mol. The SMILES string of the molecule is O=C(CN1CCN(C(=O)c2ccc(COc3ccccc3)cc2)CC1)Nc1ccc(F)cc1. The van der Waals surface area contributed by atoms with Crippen LogP contribution in [0, 0.1) is 5.82 Å². The normalized spacial score (nSPS) is 14.0. The molecule has 170 valence electrons. The zero-order valence-electron chi connectivity index (χ0n) is 18.2. The molecule has 0 radical (unpaired) electrons. The maximum Gasteiger partial charge on any atom is 0.253 e. The van der Waals surface area contributed by atoms with Crippen molar-refractivity contribution in [1.82, 2.24) is 9.80 Å². The van der Waals surface area contributed by atoms with Crippen molar-refractivity contribution in [2.24, 2.45) is 0 Å². The van der Waals surface area contributed by atoms with Crippen LogP contribution in [-0.4, -0.2) is 54.3 Å². The van der Waals surface area contributed by atoms with Gasteiger partial charge in [0.15, 0.2) is 0 Å². The van der Waals surface area contributed by atoms with E-state index >= 15 is 0 Å². The Labute approximate surface area is 192 Å². The second-order valence-corrected chi connectivity index (χ2v) is 7.92. The van der Waals surface area contributed by atoms with Gasteiger partial charge < -0.3 is 15.0 Å². The number of hydrogen-bond acceptors (Lipinski definition) is 4. The van der Waals surface area contributed by atoms with Gasteiger partial charge in [-0.1, -0.05) is 30.3 Å². The lowest BCUT2D eigenvalue weighted by molar-refractivity contribution is -0.117. The second-order valence-electron chi connectivity index (χ2n) is 7.92. The predicted molar refractivity (Wildman–Crippen MR) is 125 cm³/mol. The summed E-state index contributed by atoms with van der Waals surface area (Å²) >= 11 is 0. The minimum atomic E-state index is -0.344. The number of carbonyl (C=O) groups is 2. The van der Waals surface area contributed by atoms with Crippen LogP contribution in [0.1, 0.15) is 15.9 Å². The molecular weight excluding hydrogens is 421 g/mol. The number of rotatable bonds is 7. The van der Waals surface area contributed by atoms with E-state index in [4.69, 9.17) is 4.74 Å². The van der Waals surface area contributed by atoms with Gasteiger partial charge in [-0.25, -0.2) is 4.39 Å². The number of nitrogens with zero attached hydrogens (tertiary/aromatic N) is 2. The topological polar surface area (TPSA) is 61.9 Å². The van der Waals surface area contributed by atoms with E-state index in [0.717, 1.165) is 11.3 Å². The maximum absolute atomic E-state index is 13.0. The van der Waals surface area contributed by atoms with Crippen LogP contribution in [0.4, 0.5) is 10.1 Å². The molecule has 1 aliphatic rings. The number of anilines is 1. The van der Waals surface area contributed by atoms with Gasteiger partial charge in [0.2, 0.25) is 5.91 Å². The molecule has 3 aromatic carbocycles. The van der Waals surface area contributed by atoms with Gasteiger partial charge in [-0.2, -0.15) is 0 Å². The van der Waals surface area contributed by atoms with Gasteiger partial charge >= 0.3 is 0 Å². The van der Waals surface area contributed by atoms with Crippen LogP contribution in [0.5, 0.6) is 5.75 Å². The number of halogens is 1. The smallest absolute Gasteiger partial charge is 0.253 e. The lowest BCUT2D eigenvalue weighted by Crippen LogP contribution is -2.50. The molecule has 3 aromatic rings. The highest BCUT2D eigenvalue weighted by Crippen LogP contribution is 2.14. The molecule has 2 amide bonds. The first-order valence-electron chi connectivity index (χ1n) is 10.9.